The van der Waals surface area contributed by atoms with Gasteiger partial charge >= 0.3 is 0 Å². The van der Waals surface area contributed by atoms with Crippen molar-refractivity contribution < 1.29 is 14.6 Å². The van der Waals surface area contributed by atoms with Crippen molar-refractivity contribution in [2.75, 3.05) is 13.6 Å². The number of carbonyl (C=O) groups excluding carboxylic acids is 1. The fourth-order valence-corrected chi connectivity index (χ4v) is 3.58. The first-order valence-corrected chi connectivity index (χ1v) is 9.62. The lowest BCUT2D eigenvalue weighted by Crippen LogP contribution is -2.19. The highest BCUT2D eigenvalue weighted by Crippen LogP contribution is 2.40. The molecule has 0 radical (unpaired) electrons. The van der Waals surface area contributed by atoms with Crippen LogP contribution in [0.4, 0.5) is 0 Å². The van der Waals surface area contributed by atoms with Gasteiger partial charge in [0.25, 0.3) is 0 Å². The van der Waals surface area contributed by atoms with Crippen LogP contribution in [0.2, 0.25) is 0 Å². The van der Waals surface area contributed by atoms with Crippen LogP contribution in [-0.4, -0.2) is 34.4 Å². The van der Waals surface area contributed by atoms with Crippen molar-refractivity contribution in [3.63, 3.8) is 0 Å². The molecule has 144 valence electrons. The van der Waals surface area contributed by atoms with Crippen LogP contribution in [0.3, 0.4) is 0 Å². The molecule has 0 saturated carbocycles. The molecule has 5 heteroatoms. The minimum absolute atomic E-state index is 0.155. The van der Waals surface area contributed by atoms with E-state index in [1.807, 2.05) is 37.5 Å². The highest BCUT2D eigenvalue weighted by Gasteiger charge is 2.31. The van der Waals surface area contributed by atoms with Gasteiger partial charge in [0.15, 0.2) is 5.76 Å². The van der Waals surface area contributed by atoms with Crippen LogP contribution < -0.4 is 4.74 Å². The van der Waals surface area contributed by atoms with Crippen molar-refractivity contribution in [3.8, 4) is 11.5 Å². The number of ketones is 1. The Labute approximate surface area is 164 Å². The van der Waals surface area contributed by atoms with Gasteiger partial charge in [0.1, 0.15) is 11.5 Å². The molecule has 5 nitrogen and oxygen atoms in total. The second-order valence-corrected chi connectivity index (χ2v) is 7.26. The number of nitrogens with zero attached hydrogens (tertiary/aromatic N) is 1. The average molecular weight is 376 g/mol. The molecule has 0 fully saturated rings. The number of carbonyl (C=O) groups is 1. The number of para-hydroxylation sites is 1. The monoisotopic (exact) mass is 376 g/mol. The summed E-state index contributed by atoms with van der Waals surface area (Å²) in [4.78, 5) is 18.2. The average Bonchev–Trinajstić information content (AvgIpc) is 3.24. The molecule has 2 aromatic carbocycles. The van der Waals surface area contributed by atoms with Crippen LogP contribution in [0.25, 0.3) is 17.0 Å². The van der Waals surface area contributed by atoms with Crippen LogP contribution in [0.5, 0.6) is 11.5 Å². The number of phenolic OH excluding ortho intramolecular Hbond substituents is 1. The summed E-state index contributed by atoms with van der Waals surface area (Å²) in [6.07, 6.45) is 5.82. The molecule has 4 rings (SSSR count). The first-order valence-electron chi connectivity index (χ1n) is 9.62. The first kappa shape index (κ1) is 18.3. The molecule has 0 unspecified atom stereocenters. The molecule has 0 aliphatic carbocycles. The number of ether oxygens (including phenoxy) is 1. The molecule has 3 aromatic rings. The van der Waals surface area contributed by atoms with Crippen molar-refractivity contribution in [1.82, 2.24) is 9.88 Å². The number of benzene rings is 2. The Bertz CT molecular complexity index is 1060. The Morgan fingerprint density at radius 2 is 2.04 bits per heavy atom. The van der Waals surface area contributed by atoms with Gasteiger partial charge in [-0.1, -0.05) is 31.5 Å². The molecule has 1 aromatic heterocycles. The maximum absolute atomic E-state index is 12.9. The fourth-order valence-electron chi connectivity index (χ4n) is 3.58. The second-order valence-electron chi connectivity index (χ2n) is 7.26. The molecular weight excluding hydrogens is 352 g/mol. The largest absolute Gasteiger partial charge is 0.507 e. The molecule has 0 bridgehead atoms. The Hall–Kier alpha value is -3.05. The summed E-state index contributed by atoms with van der Waals surface area (Å²) in [6.45, 7) is 3.60. The lowest BCUT2D eigenvalue weighted by atomic mass is 10.0. The Balaban J connectivity index is 1.67. The summed E-state index contributed by atoms with van der Waals surface area (Å²) >= 11 is 0. The van der Waals surface area contributed by atoms with Gasteiger partial charge in [0, 0.05) is 29.2 Å². The second kappa shape index (κ2) is 7.52. The van der Waals surface area contributed by atoms with Crippen LogP contribution in [0.15, 0.2) is 48.4 Å². The zero-order chi connectivity index (χ0) is 19.7. The third-order valence-electron chi connectivity index (χ3n) is 5.15. The third kappa shape index (κ3) is 3.29. The fraction of sp³-hybridized carbons (Fsp3) is 0.261. The predicted octanol–water partition coefficient (Wildman–Crippen LogP) is 4.72. The topological polar surface area (TPSA) is 65.6 Å². The third-order valence-corrected chi connectivity index (χ3v) is 5.15. The number of phenols is 1. The lowest BCUT2D eigenvalue weighted by molar-refractivity contribution is 0.101. The van der Waals surface area contributed by atoms with Crippen LogP contribution in [0, 0.1) is 0 Å². The molecule has 0 amide bonds. The van der Waals surface area contributed by atoms with E-state index in [9.17, 15) is 9.90 Å². The van der Waals surface area contributed by atoms with Crippen LogP contribution >= 0.6 is 0 Å². The highest BCUT2D eigenvalue weighted by molar-refractivity contribution is 6.15. The van der Waals surface area contributed by atoms with E-state index in [2.05, 4.69) is 16.8 Å². The smallest absolute Gasteiger partial charge is 0.231 e. The number of aromatic amines is 1. The van der Waals surface area contributed by atoms with Crippen LogP contribution in [-0.2, 0) is 6.54 Å². The highest BCUT2D eigenvalue weighted by atomic mass is 16.5. The van der Waals surface area contributed by atoms with E-state index in [4.69, 9.17) is 4.74 Å². The molecule has 2 N–H and O–H groups in total. The summed E-state index contributed by atoms with van der Waals surface area (Å²) < 4.78 is 5.97. The Morgan fingerprint density at radius 3 is 2.86 bits per heavy atom. The van der Waals surface area contributed by atoms with E-state index in [-0.39, 0.29) is 17.3 Å². The normalized spacial score (nSPS) is 14.8. The summed E-state index contributed by atoms with van der Waals surface area (Å²) in [5.41, 5.74) is 3.07. The maximum Gasteiger partial charge on any atom is 0.231 e. The number of nitrogens with one attached hydrogen (secondary N) is 1. The van der Waals surface area contributed by atoms with Crippen LogP contribution in [0.1, 0.15) is 41.3 Å². The molecule has 0 atom stereocenters. The SMILES string of the molecule is CCCCN(C)Cc1c(O)ccc2c1OC(=Cc1c[nH]c3ccccc13)C2=O. The molecule has 2 heterocycles. The number of aromatic nitrogens is 1. The van der Waals surface area contributed by atoms with Gasteiger partial charge in [-0.25, -0.2) is 0 Å². The maximum atomic E-state index is 12.9. The van der Waals surface area contributed by atoms with Crippen molar-refractivity contribution in [2.45, 2.75) is 26.3 Å². The minimum Gasteiger partial charge on any atom is -0.507 e. The van der Waals surface area contributed by atoms with Crippen molar-refractivity contribution in [2.24, 2.45) is 0 Å². The number of rotatable bonds is 6. The number of allylic oxidation sites excluding steroid dienone is 1. The zero-order valence-corrected chi connectivity index (χ0v) is 16.2. The number of Topliss-reactive ketones (excluding diaryl/α,β-unsaturated/α-hetero) is 1. The molecule has 0 saturated heterocycles. The first-order chi connectivity index (χ1) is 13.6. The zero-order valence-electron chi connectivity index (χ0n) is 16.2. The number of hydrogen-bond donors (Lipinski definition) is 2. The number of fused-ring (bicyclic) bond motifs is 2. The summed E-state index contributed by atoms with van der Waals surface area (Å²) in [6, 6.07) is 11.1. The van der Waals surface area contributed by atoms with E-state index in [0.29, 0.717) is 23.4 Å². The molecule has 0 spiro atoms. The van der Waals surface area contributed by atoms with Gasteiger partial charge in [0.2, 0.25) is 5.78 Å². The standard InChI is InChI=1S/C23H24N2O3/c1-3-4-11-25(2)14-18-20(26)10-9-17-22(27)21(28-23(17)18)12-15-13-24-19-8-6-5-7-16(15)19/h5-10,12-13,24,26H,3-4,11,14H2,1-2H3. The number of H-pyrrole nitrogens is 1. The van der Waals surface area contributed by atoms with E-state index < -0.39 is 0 Å². The van der Waals surface area contributed by atoms with Crippen molar-refractivity contribution >= 4 is 22.8 Å². The molecular formula is C23H24N2O3. The van der Waals surface area contributed by atoms with Crippen molar-refractivity contribution in [1.29, 1.82) is 0 Å². The van der Waals surface area contributed by atoms with Gasteiger partial charge in [-0.05, 0) is 44.3 Å². The van der Waals surface area contributed by atoms with Gasteiger partial charge in [-0.15, -0.1) is 0 Å². The van der Waals surface area contributed by atoms with E-state index in [1.165, 1.54) is 0 Å². The van der Waals surface area contributed by atoms with E-state index in [0.717, 1.165) is 35.9 Å². The summed E-state index contributed by atoms with van der Waals surface area (Å²) in [5, 5.41) is 11.4. The Morgan fingerprint density at radius 1 is 1.21 bits per heavy atom. The number of aromatic hydroxyl groups is 1. The van der Waals surface area contributed by atoms with E-state index >= 15 is 0 Å². The van der Waals surface area contributed by atoms with Gasteiger partial charge < -0.3 is 19.7 Å². The quantitative estimate of drug-likeness (QED) is 0.611. The molecule has 1 aliphatic heterocycles. The summed E-state index contributed by atoms with van der Waals surface area (Å²) in [7, 11) is 2.01. The van der Waals surface area contributed by atoms with Gasteiger partial charge in [-0.2, -0.15) is 0 Å². The van der Waals surface area contributed by atoms with E-state index in [1.54, 1.807) is 18.2 Å². The summed E-state index contributed by atoms with van der Waals surface area (Å²) in [5.74, 6) is 0.753. The molecule has 1 aliphatic rings. The Kier molecular flexibility index (Phi) is 4.92. The molecule has 28 heavy (non-hydrogen) atoms. The minimum atomic E-state index is -0.155. The predicted molar refractivity (Wildman–Crippen MR) is 111 cm³/mol. The lowest BCUT2D eigenvalue weighted by Gasteiger charge is -2.18. The van der Waals surface area contributed by atoms with Crippen molar-refractivity contribution in [3.05, 3.63) is 65.0 Å². The number of unbranched alkanes of at least 4 members (excludes halogenated alkanes) is 1. The van der Waals surface area contributed by atoms with Gasteiger partial charge in [0.05, 0.1) is 11.1 Å². The number of hydrogen-bond acceptors (Lipinski definition) is 4. The van der Waals surface area contributed by atoms with Gasteiger partial charge in [-0.3, -0.25) is 4.79 Å².